The number of ether oxygens (including phenoxy) is 1. The van der Waals surface area contributed by atoms with Crippen LogP contribution in [0.2, 0.25) is 0 Å². The normalized spacial score (nSPS) is 11.8. The van der Waals surface area contributed by atoms with Crippen LogP contribution in [0.1, 0.15) is 24.1 Å². The smallest absolute Gasteiger partial charge is 0.387 e. The molecule has 0 saturated carbocycles. The van der Waals surface area contributed by atoms with Gasteiger partial charge in [-0.1, -0.05) is 24.3 Å². The van der Waals surface area contributed by atoms with Gasteiger partial charge in [-0.3, -0.25) is 14.9 Å². The van der Waals surface area contributed by atoms with Crippen LogP contribution in [0.4, 0.5) is 14.5 Å². The van der Waals surface area contributed by atoms with E-state index in [2.05, 4.69) is 10.1 Å². The Kier molecular flexibility index (Phi) is 5.99. The molecule has 0 radical (unpaired) electrons. The summed E-state index contributed by atoms with van der Waals surface area (Å²) >= 11 is 0. The van der Waals surface area contributed by atoms with Crippen LogP contribution in [0, 0.1) is 10.1 Å². The Labute approximate surface area is 142 Å². The van der Waals surface area contributed by atoms with Crippen LogP contribution in [0.5, 0.6) is 5.75 Å². The van der Waals surface area contributed by atoms with Crippen molar-refractivity contribution in [2.45, 2.75) is 26.0 Å². The second-order valence-corrected chi connectivity index (χ2v) is 5.34. The van der Waals surface area contributed by atoms with Gasteiger partial charge < -0.3 is 10.1 Å². The topological polar surface area (TPSA) is 81.5 Å². The van der Waals surface area contributed by atoms with Gasteiger partial charge >= 0.3 is 6.61 Å². The molecule has 0 bridgehead atoms. The predicted octanol–water partition coefficient (Wildman–Crippen LogP) is 3.62. The van der Waals surface area contributed by atoms with Gasteiger partial charge in [0.1, 0.15) is 5.75 Å². The molecule has 0 fully saturated rings. The summed E-state index contributed by atoms with van der Waals surface area (Å²) < 4.78 is 28.8. The first-order valence-corrected chi connectivity index (χ1v) is 7.42. The highest BCUT2D eigenvalue weighted by Gasteiger charge is 2.13. The van der Waals surface area contributed by atoms with Gasteiger partial charge in [0.15, 0.2) is 0 Å². The molecule has 0 aliphatic heterocycles. The third-order valence-corrected chi connectivity index (χ3v) is 3.47. The number of benzene rings is 2. The van der Waals surface area contributed by atoms with Crippen molar-refractivity contribution in [3.8, 4) is 5.75 Å². The van der Waals surface area contributed by atoms with Crippen molar-refractivity contribution < 1.29 is 23.2 Å². The van der Waals surface area contributed by atoms with Gasteiger partial charge in [0.2, 0.25) is 5.91 Å². The second kappa shape index (κ2) is 8.18. The molecule has 132 valence electrons. The van der Waals surface area contributed by atoms with E-state index < -0.39 is 17.6 Å². The standard InChI is InChI=1S/C17H16F2N2O4/c1-11(13-3-2-4-15(10-13)25-17(18)19)20-16(22)9-12-5-7-14(8-6-12)21(23)24/h2-8,10-11,17H,9H2,1H3,(H,20,22). The Balaban J connectivity index is 1.96. The third-order valence-electron chi connectivity index (χ3n) is 3.47. The number of nitrogens with zero attached hydrogens (tertiary/aromatic N) is 1. The lowest BCUT2D eigenvalue weighted by molar-refractivity contribution is -0.384. The molecular formula is C17H16F2N2O4. The Bertz CT molecular complexity index is 751. The lowest BCUT2D eigenvalue weighted by Crippen LogP contribution is -2.28. The van der Waals surface area contributed by atoms with Crippen molar-refractivity contribution in [3.63, 3.8) is 0 Å². The highest BCUT2D eigenvalue weighted by Crippen LogP contribution is 2.21. The van der Waals surface area contributed by atoms with Crippen LogP contribution in [0.25, 0.3) is 0 Å². The SMILES string of the molecule is CC(NC(=O)Cc1ccc([N+](=O)[O-])cc1)c1cccc(OC(F)F)c1. The molecule has 0 aromatic heterocycles. The Hall–Kier alpha value is -3.03. The Morgan fingerprint density at radius 1 is 1.24 bits per heavy atom. The Morgan fingerprint density at radius 3 is 2.52 bits per heavy atom. The summed E-state index contributed by atoms with van der Waals surface area (Å²) in [4.78, 5) is 22.2. The van der Waals surface area contributed by atoms with E-state index in [1.807, 2.05) is 0 Å². The lowest BCUT2D eigenvalue weighted by atomic mass is 10.1. The van der Waals surface area contributed by atoms with Crippen LogP contribution in [-0.2, 0) is 11.2 Å². The lowest BCUT2D eigenvalue weighted by Gasteiger charge is -2.15. The van der Waals surface area contributed by atoms with Gasteiger partial charge in [0.05, 0.1) is 17.4 Å². The molecular weight excluding hydrogens is 334 g/mol. The van der Waals surface area contributed by atoms with E-state index in [0.717, 1.165) is 0 Å². The minimum absolute atomic E-state index is 0.0176. The summed E-state index contributed by atoms with van der Waals surface area (Å²) in [6.07, 6.45) is 0.0511. The zero-order chi connectivity index (χ0) is 18.4. The van der Waals surface area contributed by atoms with Crippen molar-refractivity contribution in [1.82, 2.24) is 5.32 Å². The number of hydrogen-bond donors (Lipinski definition) is 1. The first kappa shape index (κ1) is 18.3. The zero-order valence-electron chi connectivity index (χ0n) is 13.3. The largest absolute Gasteiger partial charge is 0.435 e. The number of halogens is 2. The molecule has 0 spiro atoms. The number of amides is 1. The molecule has 2 rings (SSSR count). The summed E-state index contributed by atoms with van der Waals surface area (Å²) in [6.45, 7) is -1.20. The average Bonchev–Trinajstić information content (AvgIpc) is 2.54. The van der Waals surface area contributed by atoms with E-state index in [1.54, 1.807) is 19.1 Å². The summed E-state index contributed by atoms with van der Waals surface area (Å²) in [6, 6.07) is 11.4. The quantitative estimate of drug-likeness (QED) is 0.611. The zero-order valence-corrected chi connectivity index (χ0v) is 13.3. The molecule has 1 amide bonds. The van der Waals surface area contributed by atoms with Crippen molar-refractivity contribution in [1.29, 1.82) is 0 Å². The van der Waals surface area contributed by atoms with Crippen LogP contribution in [0.3, 0.4) is 0 Å². The van der Waals surface area contributed by atoms with E-state index in [-0.39, 0.29) is 23.8 Å². The number of nitro benzene ring substituents is 1. The summed E-state index contributed by atoms with van der Waals surface area (Å²) in [5.41, 5.74) is 1.20. The van der Waals surface area contributed by atoms with Crippen molar-refractivity contribution in [3.05, 3.63) is 69.8 Å². The summed E-state index contributed by atoms with van der Waals surface area (Å²) in [7, 11) is 0. The van der Waals surface area contributed by atoms with Crippen molar-refractivity contribution in [2.75, 3.05) is 0 Å². The molecule has 25 heavy (non-hydrogen) atoms. The second-order valence-electron chi connectivity index (χ2n) is 5.34. The number of alkyl halides is 2. The van der Waals surface area contributed by atoms with E-state index in [0.29, 0.717) is 11.1 Å². The minimum Gasteiger partial charge on any atom is -0.435 e. The first-order chi connectivity index (χ1) is 11.8. The average molecular weight is 350 g/mol. The highest BCUT2D eigenvalue weighted by molar-refractivity contribution is 5.79. The number of hydrogen-bond acceptors (Lipinski definition) is 4. The molecule has 1 N–H and O–H groups in total. The monoisotopic (exact) mass is 350 g/mol. The molecule has 2 aromatic carbocycles. The first-order valence-electron chi connectivity index (χ1n) is 7.42. The molecule has 6 nitrogen and oxygen atoms in total. The number of carbonyl (C=O) groups excluding carboxylic acids is 1. The number of carbonyl (C=O) groups is 1. The van der Waals surface area contributed by atoms with Gasteiger partial charge in [0.25, 0.3) is 5.69 Å². The molecule has 0 aliphatic rings. The number of non-ortho nitro benzene ring substituents is 1. The summed E-state index contributed by atoms with van der Waals surface area (Å²) in [5.74, 6) is -0.273. The van der Waals surface area contributed by atoms with E-state index >= 15 is 0 Å². The van der Waals surface area contributed by atoms with Crippen LogP contribution in [-0.4, -0.2) is 17.4 Å². The summed E-state index contributed by atoms with van der Waals surface area (Å²) in [5, 5.41) is 13.3. The fourth-order valence-corrected chi connectivity index (χ4v) is 2.26. The van der Waals surface area contributed by atoms with Gasteiger partial charge in [-0.05, 0) is 30.2 Å². The number of nitrogens with one attached hydrogen (secondary N) is 1. The van der Waals surface area contributed by atoms with Crippen molar-refractivity contribution in [2.24, 2.45) is 0 Å². The maximum atomic E-state index is 12.2. The minimum atomic E-state index is -2.91. The van der Waals surface area contributed by atoms with Crippen LogP contribution in [0.15, 0.2) is 48.5 Å². The van der Waals surface area contributed by atoms with Gasteiger partial charge in [-0.25, -0.2) is 0 Å². The van der Waals surface area contributed by atoms with Gasteiger partial charge in [-0.15, -0.1) is 0 Å². The highest BCUT2D eigenvalue weighted by atomic mass is 19.3. The maximum Gasteiger partial charge on any atom is 0.387 e. The molecule has 2 aromatic rings. The number of rotatable bonds is 7. The maximum absolute atomic E-state index is 12.2. The van der Waals surface area contributed by atoms with Gasteiger partial charge in [-0.2, -0.15) is 8.78 Å². The fraction of sp³-hybridized carbons (Fsp3) is 0.235. The fourth-order valence-electron chi connectivity index (χ4n) is 2.26. The third kappa shape index (κ3) is 5.52. The molecule has 8 heteroatoms. The van der Waals surface area contributed by atoms with Crippen LogP contribution < -0.4 is 10.1 Å². The molecule has 0 heterocycles. The molecule has 0 aliphatic carbocycles. The van der Waals surface area contributed by atoms with E-state index in [4.69, 9.17) is 0 Å². The molecule has 1 unspecified atom stereocenters. The molecule has 0 saturated heterocycles. The molecule has 1 atom stereocenters. The predicted molar refractivity (Wildman–Crippen MR) is 86.4 cm³/mol. The number of nitro groups is 1. The van der Waals surface area contributed by atoms with E-state index in [1.165, 1.54) is 36.4 Å². The van der Waals surface area contributed by atoms with Crippen molar-refractivity contribution >= 4 is 11.6 Å². The van der Waals surface area contributed by atoms with Gasteiger partial charge in [0, 0.05) is 12.1 Å². The Morgan fingerprint density at radius 2 is 1.92 bits per heavy atom. The van der Waals surface area contributed by atoms with E-state index in [9.17, 15) is 23.7 Å². The van der Waals surface area contributed by atoms with Crippen LogP contribution >= 0.6 is 0 Å².